The molecule has 0 unspecified atom stereocenters. The van der Waals surface area contributed by atoms with Crippen molar-refractivity contribution in [1.82, 2.24) is 29.7 Å². The van der Waals surface area contributed by atoms with Gasteiger partial charge in [-0.15, -0.1) is 0 Å². The van der Waals surface area contributed by atoms with Gasteiger partial charge in [-0.2, -0.15) is 0 Å². The number of carbonyl (C=O) groups excluding carboxylic acids is 3. The Kier molecular flexibility index (Phi) is 8.63. The minimum absolute atomic E-state index is 0.0296. The van der Waals surface area contributed by atoms with Crippen molar-refractivity contribution in [3.63, 3.8) is 0 Å². The van der Waals surface area contributed by atoms with Crippen LogP contribution in [0, 0.1) is 0 Å². The number of carbonyl (C=O) groups is 4. The topological polar surface area (TPSA) is 169 Å². The third kappa shape index (κ3) is 6.38. The molecule has 2 aromatic heterocycles. The molecule has 0 atom stereocenters. The lowest BCUT2D eigenvalue weighted by Crippen LogP contribution is -2.42. The summed E-state index contributed by atoms with van der Waals surface area (Å²) in [7, 11) is 0. The summed E-state index contributed by atoms with van der Waals surface area (Å²) in [5, 5.41) is 14.7. The number of benzene rings is 3. The molecule has 0 radical (unpaired) electrons. The number of nitrogens with zero attached hydrogens (tertiary/aromatic N) is 5. The van der Waals surface area contributed by atoms with Gasteiger partial charge >= 0.3 is 12.1 Å². The molecule has 0 spiro atoms. The van der Waals surface area contributed by atoms with Crippen LogP contribution < -0.4 is 10.6 Å². The van der Waals surface area contributed by atoms with E-state index in [2.05, 4.69) is 25.6 Å². The molecule has 0 saturated carbocycles. The molecule has 1 aliphatic rings. The Hall–Kier alpha value is -6.11. The first-order valence-electron chi connectivity index (χ1n) is 14.5. The van der Waals surface area contributed by atoms with Crippen LogP contribution in [0.4, 0.5) is 10.6 Å². The Morgan fingerprint density at radius 1 is 0.870 bits per heavy atom. The second kappa shape index (κ2) is 13.3. The highest BCUT2D eigenvalue weighted by Gasteiger charge is 2.29. The van der Waals surface area contributed by atoms with Gasteiger partial charge in [0.05, 0.1) is 6.33 Å². The van der Waals surface area contributed by atoms with Crippen LogP contribution in [0.1, 0.15) is 27.4 Å². The standard InChI is InChI=1S/C33H29N7O6/c41-27(16-40-20-37-29-30(35-19-36-31(29)40)38-32(44)21-8-2-1-3-9-21)39(17-28(42)43)15-14-34-33(45)46-18-26-24-12-6-4-10-22(24)23-11-5-7-13-25(23)26/h1-13,19-20,26H,14-18H2,(H,34,45)(H,42,43)(H,35,36,38,44). The highest BCUT2D eigenvalue weighted by Crippen LogP contribution is 2.44. The fraction of sp³-hybridized carbons (Fsp3) is 0.182. The lowest BCUT2D eigenvalue weighted by atomic mass is 9.98. The molecule has 13 nitrogen and oxygen atoms in total. The molecular weight excluding hydrogens is 590 g/mol. The molecule has 0 fully saturated rings. The van der Waals surface area contributed by atoms with Gasteiger partial charge in [-0.25, -0.2) is 19.7 Å². The van der Waals surface area contributed by atoms with Crippen molar-refractivity contribution >= 4 is 40.9 Å². The van der Waals surface area contributed by atoms with Crippen LogP contribution in [0.15, 0.2) is 91.5 Å². The Balaban J connectivity index is 1.05. The van der Waals surface area contributed by atoms with E-state index in [-0.39, 0.29) is 55.0 Å². The summed E-state index contributed by atoms with van der Waals surface area (Å²) < 4.78 is 6.97. The van der Waals surface area contributed by atoms with Gasteiger partial charge in [0.1, 0.15) is 26.0 Å². The number of ether oxygens (including phenoxy) is 1. The van der Waals surface area contributed by atoms with Gasteiger partial charge in [0.25, 0.3) is 5.91 Å². The Morgan fingerprint density at radius 3 is 2.24 bits per heavy atom. The average Bonchev–Trinajstić information content (AvgIpc) is 3.63. The summed E-state index contributed by atoms with van der Waals surface area (Å²) in [4.78, 5) is 63.7. The van der Waals surface area contributed by atoms with E-state index in [9.17, 15) is 24.3 Å². The SMILES string of the molecule is O=C(O)CN(CCNC(=O)OCC1c2ccccc2-c2ccccc21)C(=O)Cn1cnc2c(NC(=O)c3ccccc3)ncnc21. The first kappa shape index (κ1) is 29.9. The summed E-state index contributed by atoms with van der Waals surface area (Å²) in [6, 6.07) is 24.6. The number of fused-ring (bicyclic) bond motifs is 4. The van der Waals surface area contributed by atoms with Gasteiger partial charge in [-0.1, -0.05) is 66.7 Å². The predicted molar refractivity (Wildman–Crippen MR) is 167 cm³/mol. The summed E-state index contributed by atoms with van der Waals surface area (Å²) in [6.45, 7) is -0.836. The summed E-state index contributed by atoms with van der Waals surface area (Å²) in [5.74, 6) is -2.07. The van der Waals surface area contributed by atoms with Gasteiger partial charge in [-0.3, -0.25) is 14.4 Å². The number of carboxylic acid groups (broad SMARTS) is 1. The first-order chi connectivity index (χ1) is 22.4. The third-order valence-corrected chi connectivity index (χ3v) is 7.65. The highest BCUT2D eigenvalue weighted by atomic mass is 16.5. The van der Waals surface area contributed by atoms with Gasteiger partial charge in [-0.05, 0) is 34.4 Å². The number of nitrogens with one attached hydrogen (secondary N) is 2. The number of aliphatic carboxylic acids is 1. The molecule has 3 amide bonds. The fourth-order valence-electron chi connectivity index (χ4n) is 5.50. The monoisotopic (exact) mass is 619 g/mol. The minimum atomic E-state index is -1.21. The lowest BCUT2D eigenvalue weighted by Gasteiger charge is -2.21. The number of hydrogen-bond donors (Lipinski definition) is 3. The van der Waals surface area contributed by atoms with Gasteiger partial charge < -0.3 is 29.9 Å². The van der Waals surface area contributed by atoms with Crippen LogP contribution in [-0.4, -0.2) is 79.6 Å². The molecule has 3 aromatic carbocycles. The molecule has 1 aliphatic carbocycles. The van der Waals surface area contributed by atoms with Crippen LogP contribution in [0.2, 0.25) is 0 Å². The Morgan fingerprint density at radius 2 is 1.54 bits per heavy atom. The second-order valence-electron chi connectivity index (χ2n) is 10.5. The second-order valence-corrected chi connectivity index (χ2v) is 10.5. The molecule has 5 aromatic rings. The summed E-state index contributed by atoms with van der Waals surface area (Å²) >= 11 is 0. The molecule has 232 valence electrons. The molecule has 6 rings (SSSR count). The number of imidazole rings is 1. The van der Waals surface area contributed by atoms with Crippen molar-refractivity contribution in [2.24, 2.45) is 0 Å². The molecule has 46 heavy (non-hydrogen) atoms. The molecule has 0 aliphatic heterocycles. The molecule has 0 saturated heterocycles. The van der Waals surface area contributed by atoms with Crippen LogP contribution in [0.25, 0.3) is 22.3 Å². The molecule has 0 bridgehead atoms. The van der Waals surface area contributed by atoms with E-state index in [0.29, 0.717) is 5.56 Å². The largest absolute Gasteiger partial charge is 0.480 e. The van der Waals surface area contributed by atoms with Gasteiger partial charge in [0.2, 0.25) is 5.91 Å². The van der Waals surface area contributed by atoms with Crippen molar-refractivity contribution in [2.75, 3.05) is 31.6 Å². The fourth-order valence-corrected chi connectivity index (χ4v) is 5.50. The summed E-state index contributed by atoms with van der Waals surface area (Å²) in [6.07, 6.45) is 1.93. The maximum atomic E-state index is 13.2. The van der Waals surface area contributed by atoms with Crippen molar-refractivity contribution in [1.29, 1.82) is 0 Å². The van der Waals surface area contributed by atoms with Crippen molar-refractivity contribution in [3.05, 3.63) is 108 Å². The Bertz CT molecular complexity index is 1880. The number of amides is 3. The number of rotatable bonds is 11. The van der Waals surface area contributed by atoms with Crippen LogP contribution in [-0.2, 0) is 20.9 Å². The van der Waals surface area contributed by atoms with Crippen molar-refractivity contribution in [3.8, 4) is 11.1 Å². The van der Waals surface area contributed by atoms with E-state index in [1.54, 1.807) is 30.3 Å². The zero-order chi connectivity index (χ0) is 32.0. The average molecular weight is 620 g/mol. The Labute approximate surface area is 262 Å². The number of alkyl carbamates (subject to hydrolysis) is 1. The molecule has 13 heteroatoms. The smallest absolute Gasteiger partial charge is 0.407 e. The lowest BCUT2D eigenvalue weighted by molar-refractivity contribution is -0.144. The van der Waals surface area contributed by atoms with Crippen LogP contribution in [0.5, 0.6) is 0 Å². The van der Waals surface area contributed by atoms with Crippen molar-refractivity contribution in [2.45, 2.75) is 12.5 Å². The number of hydrogen-bond acceptors (Lipinski definition) is 8. The quantitative estimate of drug-likeness (QED) is 0.200. The van der Waals surface area contributed by atoms with Crippen LogP contribution in [0.3, 0.4) is 0 Å². The van der Waals surface area contributed by atoms with Crippen LogP contribution >= 0.6 is 0 Å². The molecular formula is C33H29N7O6. The highest BCUT2D eigenvalue weighted by molar-refractivity contribution is 6.06. The number of anilines is 1. The summed E-state index contributed by atoms with van der Waals surface area (Å²) in [5.41, 5.74) is 5.36. The normalized spacial score (nSPS) is 11.8. The third-order valence-electron chi connectivity index (χ3n) is 7.65. The molecule has 2 heterocycles. The first-order valence-corrected chi connectivity index (χ1v) is 14.5. The zero-order valence-electron chi connectivity index (χ0n) is 24.5. The maximum Gasteiger partial charge on any atom is 0.407 e. The van der Waals surface area contributed by atoms with E-state index < -0.39 is 24.5 Å². The van der Waals surface area contributed by atoms with Gasteiger partial charge in [0.15, 0.2) is 17.0 Å². The van der Waals surface area contributed by atoms with Gasteiger partial charge in [0, 0.05) is 24.6 Å². The van der Waals surface area contributed by atoms with E-state index in [1.807, 2.05) is 48.5 Å². The van der Waals surface area contributed by atoms with E-state index in [4.69, 9.17) is 4.74 Å². The van der Waals surface area contributed by atoms with E-state index >= 15 is 0 Å². The maximum absolute atomic E-state index is 13.2. The number of aromatic nitrogens is 4. The molecule has 3 N–H and O–H groups in total. The zero-order valence-corrected chi connectivity index (χ0v) is 24.5. The predicted octanol–water partition coefficient (Wildman–Crippen LogP) is 3.53. The van der Waals surface area contributed by atoms with E-state index in [1.165, 1.54) is 17.2 Å². The number of carboxylic acids is 1. The van der Waals surface area contributed by atoms with Crippen molar-refractivity contribution < 1.29 is 29.0 Å². The van der Waals surface area contributed by atoms with E-state index in [0.717, 1.165) is 27.2 Å². The minimum Gasteiger partial charge on any atom is -0.480 e.